The molecule has 2 fully saturated rings. The number of nitrogens with zero attached hydrogens (tertiary/aromatic N) is 7. The molecule has 1 aliphatic carbocycles. The molecule has 3 aromatic rings. The summed E-state index contributed by atoms with van der Waals surface area (Å²) in [6.07, 6.45) is 8.28. The maximum atomic E-state index is 5.82. The Bertz CT molecular complexity index is 894. The minimum absolute atomic E-state index is 0.302. The molecule has 0 atom stereocenters. The third kappa shape index (κ3) is 2.47. The van der Waals surface area contributed by atoms with Gasteiger partial charge in [0.1, 0.15) is 34.9 Å². The molecule has 1 saturated heterocycles. The zero-order valence-electron chi connectivity index (χ0n) is 13.4. The fourth-order valence-electron chi connectivity index (χ4n) is 3.75. The van der Waals surface area contributed by atoms with E-state index in [1.807, 2.05) is 4.52 Å². The molecular formula is C15H16BrN7O2. The fraction of sp³-hybridized carbons (Fsp3) is 0.533. The molecule has 0 N–H and O–H groups in total. The Balaban J connectivity index is 1.52. The van der Waals surface area contributed by atoms with Crippen LogP contribution >= 0.6 is 15.9 Å². The van der Waals surface area contributed by atoms with Gasteiger partial charge in [-0.25, -0.2) is 24.1 Å². The van der Waals surface area contributed by atoms with Gasteiger partial charge in [0.05, 0.1) is 13.2 Å². The van der Waals surface area contributed by atoms with Crippen molar-refractivity contribution in [2.45, 2.75) is 37.4 Å². The van der Waals surface area contributed by atoms with Gasteiger partial charge in [-0.1, -0.05) is 0 Å². The Labute approximate surface area is 151 Å². The van der Waals surface area contributed by atoms with Crippen LogP contribution in [0.3, 0.4) is 0 Å². The third-order valence-corrected chi connectivity index (χ3v) is 5.51. The van der Waals surface area contributed by atoms with Crippen LogP contribution in [-0.2, 0) is 9.47 Å². The van der Waals surface area contributed by atoms with E-state index >= 15 is 0 Å². The van der Waals surface area contributed by atoms with Gasteiger partial charge in [-0.05, 0) is 28.8 Å². The van der Waals surface area contributed by atoms with E-state index in [4.69, 9.17) is 14.5 Å². The SMILES string of the molecule is Brc1nc(C2CCC3(CC2)OCCO3)n2ncnc(-n3cncn3)c12. The van der Waals surface area contributed by atoms with Crippen molar-refractivity contribution >= 4 is 21.4 Å². The van der Waals surface area contributed by atoms with Gasteiger partial charge >= 0.3 is 0 Å². The molecule has 9 nitrogen and oxygen atoms in total. The monoisotopic (exact) mass is 405 g/mol. The van der Waals surface area contributed by atoms with Gasteiger partial charge in [0.25, 0.3) is 0 Å². The molecule has 0 aromatic carbocycles. The first-order valence-corrected chi connectivity index (χ1v) is 9.07. The van der Waals surface area contributed by atoms with Gasteiger partial charge in [-0.3, -0.25) is 0 Å². The maximum Gasteiger partial charge on any atom is 0.185 e. The van der Waals surface area contributed by atoms with Crippen molar-refractivity contribution in [2.75, 3.05) is 13.2 Å². The zero-order valence-corrected chi connectivity index (χ0v) is 15.0. The van der Waals surface area contributed by atoms with E-state index in [9.17, 15) is 0 Å². The Kier molecular flexibility index (Phi) is 3.57. The van der Waals surface area contributed by atoms with Crippen molar-refractivity contribution in [3.8, 4) is 5.82 Å². The van der Waals surface area contributed by atoms with Gasteiger partial charge in [-0.15, -0.1) is 0 Å². The lowest BCUT2D eigenvalue weighted by Crippen LogP contribution is -2.35. The second-order valence-corrected chi connectivity index (χ2v) is 7.08. The van der Waals surface area contributed by atoms with Crippen LogP contribution in [0.25, 0.3) is 11.3 Å². The maximum absolute atomic E-state index is 5.82. The number of halogens is 1. The van der Waals surface area contributed by atoms with Crippen LogP contribution < -0.4 is 0 Å². The van der Waals surface area contributed by atoms with Crippen LogP contribution in [0, 0.1) is 0 Å². The molecule has 25 heavy (non-hydrogen) atoms. The van der Waals surface area contributed by atoms with Crippen LogP contribution in [0.4, 0.5) is 0 Å². The van der Waals surface area contributed by atoms with Crippen LogP contribution in [0.2, 0.25) is 0 Å². The summed E-state index contributed by atoms with van der Waals surface area (Å²) < 4.78 is 15.8. The predicted octanol–water partition coefficient (Wildman–Crippen LogP) is 1.87. The van der Waals surface area contributed by atoms with Crippen LogP contribution in [0.1, 0.15) is 37.4 Å². The highest BCUT2D eigenvalue weighted by atomic mass is 79.9. The second kappa shape index (κ2) is 5.82. The normalized spacial score (nSPS) is 20.7. The van der Waals surface area contributed by atoms with Crippen LogP contribution in [0.15, 0.2) is 23.6 Å². The Hall–Kier alpha value is -1.91. The quantitative estimate of drug-likeness (QED) is 0.642. The molecule has 0 unspecified atom stereocenters. The highest BCUT2D eigenvalue weighted by molar-refractivity contribution is 9.10. The molecule has 1 saturated carbocycles. The number of hydrogen-bond donors (Lipinski definition) is 0. The molecule has 5 rings (SSSR count). The minimum Gasteiger partial charge on any atom is -0.348 e. The van der Waals surface area contributed by atoms with Gasteiger partial charge in [0.2, 0.25) is 0 Å². The van der Waals surface area contributed by atoms with Crippen LogP contribution in [-0.4, -0.2) is 53.3 Å². The molecule has 0 bridgehead atoms. The van der Waals surface area contributed by atoms with Crippen molar-refractivity contribution in [3.63, 3.8) is 0 Å². The van der Waals surface area contributed by atoms with Gasteiger partial charge < -0.3 is 9.47 Å². The van der Waals surface area contributed by atoms with E-state index in [-0.39, 0.29) is 5.79 Å². The average Bonchev–Trinajstić information content (AvgIpc) is 3.37. The first kappa shape index (κ1) is 15.4. The molecule has 3 aromatic heterocycles. The summed E-state index contributed by atoms with van der Waals surface area (Å²) in [5.41, 5.74) is 0.789. The predicted molar refractivity (Wildman–Crippen MR) is 89.2 cm³/mol. The first-order valence-electron chi connectivity index (χ1n) is 8.28. The van der Waals surface area contributed by atoms with E-state index < -0.39 is 0 Å². The standard InChI is InChI=1S/C15H16BrN7O2/c16-12-11-14(22-9-17-7-19-22)18-8-20-23(11)13(21-12)10-1-3-15(4-2-10)24-5-6-25-15/h7-10H,1-6H2. The zero-order chi connectivity index (χ0) is 16.9. The Morgan fingerprint density at radius 2 is 1.92 bits per heavy atom. The lowest BCUT2D eigenvalue weighted by atomic mass is 9.84. The van der Waals surface area contributed by atoms with E-state index in [0.29, 0.717) is 29.6 Å². The summed E-state index contributed by atoms with van der Waals surface area (Å²) in [7, 11) is 0. The van der Waals surface area contributed by atoms with Crippen molar-refractivity contribution in [1.29, 1.82) is 0 Å². The molecule has 0 radical (unpaired) electrons. The summed E-state index contributed by atoms with van der Waals surface area (Å²) >= 11 is 3.56. The second-order valence-electron chi connectivity index (χ2n) is 6.33. The molecule has 2 aliphatic rings. The van der Waals surface area contributed by atoms with Crippen molar-refractivity contribution < 1.29 is 9.47 Å². The van der Waals surface area contributed by atoms with Gasteiger partial charge in [-0.2, -0.15) is 10.2 Å². The van der Waals surface area contributed by atoms with Gasteiger partial charge in [0.15, 0.2) is 11.6 Å². The molecule has 4 heterocycles. The summed E-state index contributed by atoms with van der Waals surface area (Å²) in [5.74, 6) is 1.50. The average molecular weight is 406 g/mol. The van der Waals surface area contributed by atoms with E-state index in [1.165, 1.54) is 12.7 Å². The fourth-order valence-corrected chi connectivity index (χ4v) is 4.28. The largest absolute Gasteiger partial charge is 0.348 e. The Morgan fingerprint density at radius 1 is 1.12 bits per heavy atom. The summed E-state index contributed by atoms with van der Waals surface area (Å²) in [5, 5.41) is 8.59. The third-order valence-electron chi connectivity index (χ3n) is 4.96. The van der Waals surface area contributed by atoms with E-state index in [0.717, 1.165) is 37.0 Å². The molecule has 1 aliphatic heterocycles. The number of hydrogen-bond acceptors (Lipinski definition) is 7. The smallest absolute Gasteiger partial charge is 0.185 e. The summed E-state index contributed by atoms with van der Waals surface area (Å²) in [4.78, 5) is 13.1. The molecular weight excluding hydrogens is 390 g/mol. The minimum atomic E-state index is -0.373. The number of rotatable bonds is 2. The summed E-state index contributed by atoms with van der Waals surface area (Å²) in [6.45, 7) is 1.38. The highest BCUT2D eigenvalue weighted by Gasteiger charge is 2.41. The van der Waals surface area contributed by atoms with Crippen molar-refractivity contribution in [3.05, 3.63) is 29.4 Å². The number of ether oxygens (including phenoxy) is 2. The topological polar surface area (TPSA) is 92.2 Å². The molecule has 10 heteroatoms. The van der Waals surface area contributed by atoms with E-state index in [2.05, 4.69) is 36.1 Å². The Morgan fingerprint density at radius 3 is 2.64 bits per heavy atom. The number of imidazole rings is 1. The summed E-state index contributed by atoms with van der Waals surface area (Å²) in [6, 6.07) is 0. The molecule has 1 spiro atoms. The molecule has 0 amide bonds. The lowest BCUT2D eigenvalue weighted by molar-refractivity contribution is -0.179. The highest BCUT2D eigenvalue weighted by Crippen LogP contribution is 2.42. The molecule has 130 valence electrons. The van der Waals surface area contributed by atoms with Gasteiger partial charge in [0, 0.05) is 18.8 Å². The van der Waals surface area contributed by atoms with Crippen LogP contribution in [0.5, 0.6) is 0 Å². The van der Waals surface area contributed by atoms with Crippen molar-refractivity contribution in [1.82, 2.24) is 34.3 Å². The van der Waals surface area contributed by atoms with E-state index in [1.54, 1.807) is 11.0 Å². The van der Waals surface area contributed by atoms with Crippen molar-refractivity contribution in [2.24, 2.45) is 0 Å². The first-order chi connectivity index (χ1) is 12.3. The lowest BCUT2D eigenvalue weighted by Gasteiger charge is -2.34. The number of fused-ring (bicyclic) bond motifs is 1. The number of aromatic nitrogens is 7.